The van der Waals surface area contributed by atoms with Crippen LogP contribution in [0.1, 0.15) is 5.69 Å². The van der Waals surface area contributed by atoms with Gasteiger partial charge in [0.25, 0.3) is 0 Å². The Morgan fingerprint density at radius 3 is 2.74 bits per heavy atom. The molecule has 0 amide bonds. The number of nitrogens with one attached hydrogen (secondary N) is 2. The predicted molar refractivity (Wildman–Crippen MR) is 67.3 cm³/mol. The second kappa shape index (κ2) is 5.02. The first-order valence-corrected chi connectivity index (χ1v) is 5.80. The van der Waals surface area contributed by atoms with E-state index in [0.29, 0.717) is 5.03 Å². The average Bonchev–Trinajstić information content (AvgIpc) is 2.36. The van der Waals surface area contributed by atoms with Crippen LogP contribution in [-0.2, 0) is 7.05 Å². The lowest BCUT2D eigenvalue weighted by Crippen LogP contribution is -2.33. The van der Waals surface area contributed by atoms with Crippen molar-refractivity contribution in [3.8, 4) is 0 Å². The minimum Gasteiger partial charge on any atom is -0.382 e. The maximum atomic E-state index is 11.2. The zero-order valence-electron chi connectivity index (χ0n) is 9.75. The van der Waals surface area contributed by atoms with Crippen molar-refractivity contribution in [3.05, 3.63) is 38.8 Å². The molecule has 0 fully saturated rings. The van der Waals surface area contributed by atoms with Crippen LogP contribution in [-0.4, -0.2) is 30.6 Å². The third-order valence-electron chi connectivity index (χ3n) is 2.05. The Hall–Kier alpha value is -2.49. The van der Waals surface area contributed by atoms with Gasteiger partial charge in [-0.05, 0) is 11.8 Å². The van der Waals surface area contributed by atoms with Crippen molar-refractivity contribution in [1.29, 1.82) is 5.41 Å². The van der Waals surface area contributed by atoms with E-state index in [2.05, 4.69) is 20.1 Å². The number of hydrogen-bond acceptors (Lipinski definition) is 7. The molecule has 0 saturated carbocycles. The van der Waals surface area contributed by atoms with Gasteiger partial charge < -0.3 is 5.73 Å². The molecule has 19 heavy (non-hydrogen) atoms. The van der Waals surface area contributed by atoms with Crippen molar-refractivity contribution in [2.45, 2.75) is 10.2 Å². The molecule has 0 aromatic carbocycles. The number of hydrogen-bond donors (Lipinski definition) is 3. The Balaban J connectivity index is 2.31. The van der Waals surface area contributed by atoms with Crippen molar-refractivity contribution in [1.82, 2.24) is 24.7 Å². The number of rotatable bonds is 3. The highest BCUT2D eigenvalue weighted by molar-refractivity contribution is 7.99. The second-order valence-electron chi connectivity index (χ2n) is 3.46. The molecule has 0 saturated heterocycles. The summed E-state index contributed by atoms with van der Waals surface area (Å²) >= 11 is 1.05. The molecule has 2 aromatic heterocycles. The summed E-state index contributed by atoms with van der Waals surface area (Å²) in [6.07, 6.45) is 2.74. The molecular formula is C9H9N7O2S. The number of aryl methyl sites for hydroxylation is 1. The lowest BCUT2D eigenvalue weighted by Gasteiger charge is -2.05. The van der Waals surface area contributed by atoms with Gasteiger partial charge in [-0.25, -0.2) is 9.97 Å². The maximum absolute atomic E-state index is 11.2. The number of nitrogen functional groups attached to an aromatic ring is 1. The summed E-state index contributed by atoms with van der Waals surface area (Å²) in [5, 5.41) is 10.2. The normalized spacial score (nSPS) is 10.4. The van der Waals surface area contributed by atoms with Crippen LogP contribution in [0.25, 0.3) is 0 Å². The van der Waals surface area contributed by atoms with E-state index in [4.69, 9.17) is 11.1 Å². The number of nitrogens with two attached hydrogens (primary N) is 1. The van der Waals surface area contributed by atoms with Gasteiger partial charge in [0.15, 0.2) is 5.16 Å². The number of aromatic nitrogens is 5. The lowest BCUT2D eigenvalue weighted by atomic mass is 10.4. The van der Waals surface area contributed by atoms with E-state index in [1.54, 1.807) is 7.05 Å². The Morgan fingerprint density at radius 1 is 1.42 bits per heavy atom. The van der Waals surface area contributed by atoms with Gasteiger partial charge in [0.05, 0.1) is 12.4 Å². The monoisotopic (exact) mass is 279 g/mol. The van der Waals surface area contributed by atoms with Crippen LogP contribution >= 0.6 is 11.8 Å². The molecule has 0 atom stereocenters. The summed E-state index contributed by atoms with van der Waals surface area (Å²) in [6.45, 7) is 0. The highest BCUT2D eigenvalue weighted by Gasteiger charge is 2.08. The SMILES string of the molecule is Cn1[nH]c(=O)c(=O)nc1Sc1cnc(C(=N)N)cn1. The van der Waals surface area contributed by atoms with Crippen LogP contribution in [0.4, 0.5) is 0 Å². The van der Waals surface area contributed by atoms with E-state index in [1.807, 2.05) is 0 Å². The minimum absolute atomic E-state index is 0.182. The Kier molecular flexibility index (Phi) is 3.42. The first-order chi connectivity index (χ1) is 8.97. The third-order valence-corrected chi connectivity index (χ3v) is 3.02. The highest BCUT2D eigenvalue weighted by Crippen LogP contribution is 2.20. The van der Waals surface area contributed by atoms with Gasteiger partial charge in [-0.3, -0.25) is 24.8 Å². The predicted octanol–water partition coefficient (Wildman–Crippen LogP) is -1.31. The fourth-order valence-corrected chi connectivity index (χ4v) is 1.86. The number of H-pyrrole nitrogens is 1. The molecule has 4 N–H and O–H groups in total. The molecule has 0 spiro atoms. The molecule has 2 aromatic rings. The largest absolute Gasteiger partial charge is 0.382 e. The first-order valence-electron chi connectivity index (χ1n) is 4.99. The van der Waals surface area contributed by atoms with Crippen LogP contribution in [0.3, 0.4) is 0 Å². The summed E-state index contributed by atoms with van der Waals surface area (Å²) in [5.41, 5.74) is 3.86. The molecule has 2 rings (SSSR count). The molecule has 0 radical (unpaired) electrons. The molecule has 10 heteroatoms. The lowest BCUT2D eigenvalue weighted by molar-refractivity contribution is 0.596. The Labute approximate surface area is 110 Å². The zero-order chi connectivity index (χ0) is 14.0. The Bertz CT molecular complexity index is 733. The van der Waals surface area contributed by atoms with Crippen LogP contribution < -0.4 is 16.9 Å². The number of amidine groups is 1. The van der Waals surface area contributed by atoms with Crippen LogP contribution in [0.2, 0.25) is 0 Å². The summed E-state index contributed by atoms with van der Waals surface area (Å²) in [6, 6.07) is 0. The van der Waals surface area contributed by atoms with E-state index in [-0.39, 0.29) is 16.7 Å². The summed E-state index contributed by atoms with van der Waals surface area (Å²) in [4.78, 5) is 33.8. The second-order valence-corrected chi connectivity index (χ2v) is 4.44. The smallest absolute Gasteiger partial charge is 0.339 e. The van der Waals surface area contributed by atoms with Gasteiger partial charge in [-0.1, -0.05) is 0 Å². The fraction of sp³-hybridized carbons (Fsp3) is 0.111. The van der Waals surface area contributed by atoms with Crippen LogP contribution in [0.15, 0.2) is 32.2 Å². The van der Waals surface area contributed by atoms with Gasteiger partial charge in [-0.15, -0.1) is 0 Å². The van der Waals surface area contributed by atoms with Crippen molar-refractivity contribution in [2.24, 2.45) is 12.8 Å². The highest BCUT2D eigenvalue weighted by atomic mass is 32.2. The number of aromatic amines is 1. The standard InChI is InChI=1S/C9H9N7O2S/c1-16-9(14-7(17)8(18)15-16)19-5-3-12-4(2-13-5)6(10)11/h2-3H,1H3,(H3,10,11)(H,15,18). The van der Waals surface area contributed by atoms with Gasteiger partial charge in [-0.2, -0.15) is 4.98 Å². The van der Waals surface area contributed by atoms with Gasteiger partial charge >= 0.3 is 11.1 Å². The first kappa shape index (κ1) is 13.0. The summed E-state index contributed by atoms with van der Waals surface area (Å²) in [5.74, 6) is -0.182. The quantitative estimate of drug-likeness (QED) is 0.359. The molecule has 0 unspecified atom stereocenters. The molecule has 9 nitrogen and oxygen atoms in total. The maximum Gasteiger partial charge on any atom is 0.339 e. The van der Waals surface area contributed by atoms with Gasteiger partial charge in [0.1, 0.15) is 16.6 Å². The Morgan fingerprint density at radius 2 is 2.16 bits per heavy atom. The molecule has 2 heterocycles. The van der Waals surface area contributed by atoms with Gasteiger partial charge in [0, 0.05) is 7.05 Å². The molecule has 0 aliphatic rings. The minimum atomic E-state index is -0.867. The van der Waals surface area contributed by atoms with E-state index < -0.39 is 11.1 Å². The van der Waals surface area contributed by atoms with E-state index in [0.717, 1.165) is 11.8 Å². The molecular weight excluding hydrogens is 270 g/mol. The van der Waals surface area contributed by atoms with Crippen LogP contribution in [0.5, 0.6) is 0 Å². The van der Waals surface area contributed by atoms with E-state index in [1.165, 1.54) is 17.1 Å². The summed E-state index contributed by atoms with van der Waals surface area (Å²) < 4.78 is 1.31. The third kappa shape index (κ3) is 2.85. The van der Waals surface area contributed by atoms with Crippen molar-refractivity contribution >= 4 is 17.6 Å². The molecule has 0 aliphatic heterocycles. The van der Waals surface area contributed by atoms with Crippen molar-refractivity contribution < 1.29 is 0 Å². The number of nitrogens with zero attached hydrogens (tertiary/aromatic N) is 4. The molecule has 0 aliphatic carbocycles. The fourth-order valence-electron chi connectivity index (χ4n) is 1.15. The van der Waals surface area contributed by atoms with Crippen LogP contribution in [0, 0.1) is 5.41 Å². The van der Waals surface area contributed by atoms with E-state index in [9.17, 15) is 9.59 Å². The average molecular weight is 279 g/mol. The van der Waals surface area contributed by atoms with Gasteiger partial charge in [0.2, 0.25) is 0 Å². The van der Waals surface area contributed by atoms with Crippen molar-refractivity contribution in [2.75, 3.05) is 0 Å². The van der Waals surface area contributed by atoms with Crippen molar-refractivity contribution in [3.63, 3.8) is 0 Å². The topological polar surface area (TPSA) is 143 Å². The van der Waals surface area contributed by atoms with E-state index >= 15 is 0 Å². The summed E-state index contributed by atoms with van der Waals surface area (Å²) in [7, 11) is 1.55. The molecule has 0 bridgehead atoms. The zero-order valence-corrected chi connectivity index (χ0v) is 10.6. The molecule has 98 valence electrons.